The van der Waals surface area contributed by atoms with Crippen LogP contribution in [0, 0.1) is 11.3 Å². The van der Waals surface area contributed by atoms with Crippen LogP contribution in [0.15, 0.2) is 39.8 Å². The van der Waals surface area contributed by atoms with Crippen molar-refractivity contribution in [2.45, 2.75) is 6.61 Å². The second kappa shape index (κ2) is 9.11. The van der Waals surface area contributed by atoms with Gasteiger partial charge in [-0.1, -0.05) is 15.9 Å². The zero-order valence-electron chi connectivity index (χ0n) is 15.1. The third kappa shape index (κ3) is 4.90. The van der Waals surface area contributed by atoms with E-state index in [0.29, 0.717) is 28.5 Å². The van der Waals surface area contributed by atoms with Crippen molar-refractivity contribution in [3.8, 4) is 23.3 Å². The molecule has 26 heavy (non-hydrogen) atoms. The first-order valence-corrected chi connectivity index (χ1v) is 8.55. The fraction of sp³-hybridized carbons (Fsp3) is 0.263. The van der Waals surface area contributed by atoms with Gasteiger partial charge in [0, 0.05) is 30.2 Å². The molecular weight excluding hydrogens is 398 g/mol. The molecule has 0 aliphatic carbocycles. The standard InChI is InChI=1S/C19H20BrN3O3/c1-23(2)12-22-17-7-14(20)8-19(16(17)10-21)26-11-13-5-6-15(24-3)9-18(13)25-4/h5-9,12H,11H2,1-4H3/b22-12-. The monoisotopic (exact) mass is 417 g/mol. The van der Waals surface area contributed by atoms with Gasteiger partial charge in [-0.3, -0.25) is 0 Å². The Morgan fingerprint density at radius 3 is 2.54 bits per heavy atom. The highest BCUT2D eigenvalue weighted by molar-refractivity contribution is 9.10. The van der Waals surface area contributed by atoms with Crippen molar-refractivity contribution in [2.24, 2.45) is 4.99 Å². The highest BCUT2D eigenvalue weighted by Gasteiger charge is 2.13. The molecule has 2 aromatic rings. The first-order chi connectivity index (χ1) is 12.5. The topological polar surface area (TPSA) is 67.1 Å². The molecule has 6 nitrogen and oxygen atoms in total. The van der Waals surface area contributed by atoms with Crippen molar-refractivity contribution in [1.82, 2.24) is 4.90 Å². The molecule has 0 saturated heterocycles. The number of hydrogen-bond donors (Lipinski definition) is 0. The average molecular weight is 418 g/mol. The van der Waals surface area contributed by atoms with E-state index >= 15 is 0 Å². The van der Waals surface area contributed by atoms with E-state index in [-0.39, 0.29) is 6.61 Å². The molecule has 0 radical (unpaired) electrons. The normalized spacial score (nSPS) is 10.5. The maximum absolute atomic E-state index is 9.55. The Kier molecular flexibility index (Phi) is 6.87. The number of ether oxygens (including phenoxy) is 3. The van der Waals surface area contributed by atoms with Gasteiger partial charge in [0.25, 0.3) is 0 Å². The fourth-order valence-corrected chi connectivity index (χ4v) is 2.63. The van der Waals surface area contributed by atoms with E-state index in [1.165, 1.54) is 0 Å². The Morgan fingerprint density at radius 1 is 1.15 bits per heavy atom. The molecule has 0 amide bonds. The van der Waals surface area contributed by atoms with Gasteiger partial charge < -0.3 is 19.1 Å². The minimum Gasteiger partial charge on any atom is -0.497 e. The quantitative estimate of drug-likeness (QED) is 0.500. The summed E-state index contributed by atoms with van der Waals surface area (Å²) in [6.45, 7) is 0.245. The lowest BCUT2D eigenvalue weighted by molar-refractivity contribution is 0.295. The average Bonchev–Trinajstić information content (AvgIpc) is 2.64. The van der Waals surface area contributed by atoms with Crippen molar-refractivity contribution in [2.75, 3.05) is 28.3 Å². The van der Waals surface area contributed by atoms with Crippen LogP contribution in [0.25, 0.3) is 0 Å². The van der Waals surface area contributed by atoms with Gasteiger partial charge in [0.05, 0.1) is 26.2 Å². The fourth-order valence-electron chi connectivity index (χ4n) is 2.20. The van der Waals surface area contributed by atoms with Gasteiger partial charge in [0.1, 0.15) is 35.5 Å². The first-order valence-electron chi connectivity index (χ1n) is 7.76. The molecule has 136 valence electrons. The third-order valence-corrected chi connectivity index (χ3v) is 3.92. The van der Waals surface area contributed by atoms with Gasteiger partial charge in [-0.2, -0.15) is 5.26 Å². The van der Waals surface area contributed by atoms with Crippen molar-refractivity contribution in [3.63, 3.8) is 0 Å². The van der Waals surface area contributed by atoms with Crippen LogP contribution in [0.4, 0.5) is 5.69 Å². The van der Waals surface area contributed by atoms with Gasteiger partial charge >= 0.3 is 0 Å². The molecule has 0 fully saturated rings. The Hall–Kier alpha value is -2.72. The predicted molar refractivity (Wildman–Crippen MR) is 105 cm³/mol. The molecule has 2 aromatic carbocycles. The summed E-state index contributed by atoms with van der Waals surface area (Å²) in [6.07, 6.45) is 1.64. The van der Waals surface area contributed by atoms with Crippen LogP contribution in [0.5, 0.6) is 17.2 Å². The highest BCUT2D eigenvalue weighted by Crippen LogP contribution is 2.34. The zero-order valence-corrected chi connectivity index (χ0v) is 16.7. The van der Waals surface area contributed by atoms with Gasteiger partial charge in [0.2, 0.25) is 0 Å². The van der Waals surface area contributed by atoms with Crippen LogP contribution in [0.2, 0.25) is 0 Å². The minimum absolute atomic E-state index is 0.245. The van der Waals surface area contributed by atoms with Crippen LogP contribution >= 0.6 is 15.9 Å². The van der Waals surface area contributed by atoms with Gasteiger partial charge in [-0.15, -0.1) is 0 Å². The van der Waals surface area contributed by atoms with E-state index in [1.54, 1.807) is 43.7 Å². The van der Waals surface area contributed by atoms with E-state index in [4.69, 9.17) is 14.2 Å². The molecular formula is C19H20BrN3O3. The van der Waals surface area contributed by atoms with Crippen molar-refractivity contribution in [3.05, 3.63) is 45.9 Å². The van der Waals surface area contributed by atoms with Crippen molar-refractivity contribution in [1.29, 1.82) is 5.26 Å². The Labute approximate surface area is 161 Å². The molecule has 0 aliphatic rings. The summed E-state index contributed by atoms with van der Waals surface area (Å²) in [4.78, 5) is 6.13. The smallest absolute Gasteiger partial charge is 0.140 e. The van der Waals surface area contributed by atoms with Crippen molar-refractivity contribution >= 4 is 28.0 Å². The summed E-state index contributed by atoms with van der Waals surface area (Å²) < 4.78 is 17.3. The predicted octanol–water partition coefficient (Wildman–Crippen LogP) is 4.14. The highest BCUT2D eigenvalue weighted by atomic mass is 79.9. The molecule has 2 rings (SSSR count). The molecule has 0 heterocycles. The van der Waals surface area contributed by atoms with Crippen LogP contribution in [0.3, 0.4) is 0 Å². The number of nitrogens with zero attached hydrogens (tertiary/aromatic N) is 3. The number of nitriles is 1. The lowest BCUT2D eigenvalue weighted by atomic mass is 10.1. The maximum Gasteiger partial charge on any atom is 0.140 e. The summed E-state index contributed by atoms with van der Waals surface area (Å²) in [6, 6.07) is 11.2. The second-order valence-corrected chi connectivity index (χ2v) is 6.50. The number of benzene rings is 2. The summed E-state index contributed by atoms with van der Waals surface area (Å²) >= 11 is 3.44. The number of hydrogen-bond acceptors (Lipinski definition) is 5. The molecule has 0 aromatic heterocycles. The van der Waals surface area contributed by atoms with Gasteiger partial charge in [0.15, 0.2) is 0 Å². The third-order valence-electron chi connectivity index (χ3n) is 3.46. The summed E-state index contributed by atoms with van der Waals surface area (Å²) in [5.74, 6) is 1.81. The summed E-state index contributed by atoms with van der Waals surface area (Å²) in [5, 5.41) is 9.55. The van der Waals surface area contributed by atoms with E-state index in [0.717, 1.165) is 10.0 Å². The van der Waals surface area contributed by atoms with Crippen LogP contribution in [-0.2, 0) is 6.61 Å². The zero-order chi connectivity index (χ0) is 19.1. The number of rotatable bonds is 7. The molecule has 0 atom stereocenters. The largest absolute Gasteiger partial charge is 0.497 e. The lowest BCUT2D eigenvalue weighted by Gasteiger charge is -2.13. The van der Waals surface area contributed by atoms with E-state index in [1.807, 2.05) is 26.2 Å². The SMILES string of the molecule is COc1ccc(COc2cc(Br)cc(/N=C\N(C)C)c2C#N)c(OC)c1. The first kappa shape index (κ1) is 19.6. The Bertz CT molecular complexity index is 845. The Balaban J connectivity index is 2.31. The van der Waals surface area contributed by atoms with Gasteiger partial charge in [-0.25, -0.2) is 4.99 Å². The molecule has 0 unspecified atom stereocenters. The van der Waals surface area contributed by atoms with Crippen molar-refractivity contribution < 1.29 is 14.2 Å². The molecule has 0 bridgehead atoms. The second-order valence-electron chi connectivity index (χ2n) is 5.58. The number of halogens is 1. The molecule has 0 aliphatic heterocycles. The van der Waals surface area contributed by atoms with Gasteiger partial charge in [-0.05, 0) is 24.3 Å². The maximum atomic E-state index is 9.55. The van der Waals surface area contributed by atoms with E-state index in [9.17, 15) is 5.26 Å². The van der Waals surface area contributed by atoms with Crippen LogP contribution in [-0.4, -0.2) is 39.6 Å². The van der Waals surface area contributed by atoms with Crippen LogP contribution < -0.4 is 14.2 Å². The number of aliphatic imine (C=N–C) groups is 1. The molecule has 0 N–H and O–H groups in total. The minimum atomic E-state index is 0.245. The Morgan fingerprint density at radius 2 is 1.92 bits per heavy atom. The lowest BCUT2D eigenvalue weighted by Crippen LogP contribution is -2.07. The molecule has 0 spiro atoms. The van der Waals surface area contributed by atoms with Crippen LogP contribution in [0.1, 0.15) is 11.1 Å². The summed E-state index contributed by atoms with van der Waals surface area (Å²) in [7, 11) is 6.91. The molecule has 0 saturated carbocycles. The molecule has 7 heteroatoms. The summed E-state index contributed by atoms with van der Waals surface area (Å²) in [5.41, 5.74) is 1.75. The van der Waals surface area contributed by atoms with E-state index < -0.39 is 0 Å². The van der Waals surface area contributed by atoms with E-state index in [2.05, 4.69) is 27.0 Å². The number of methoxy groups -OCH3 is 2.